The lowest BCUT2D eigenvalue weighted by Gasteiger charge is -2.36. The number of piperazine rings is 1. The maximum Gasteiger partial charge on any atom is 0.281 e. The topological polar surface area (TPSA) is 98.7 Å². The fourth-order valence-electron chi connectivity index (χ4n) is 5.14. The van der Waals surface area contributed by atoms with E-state index >= 15 is 0 Å². The number of nitrogens with one attached hydrogen (secondary N) is 1. The molecule has 1 N–H and O–H groups in total. The van der Waals surface area contributed by atoms with Gasteiger partial charge in [0.15, 0.2) is 5.03 Å². The lowest BCUT2D eigenvalue weighted by Crippen LogP contribution is -2.47. The second kappa shape index (κ2) is 11.3. The number of pyridine rings is 2. The number of hydrogen-bond donors (Lipinski definition) is 1. The SMILES string of the molecule is CCCCCN1CCN(c2cccc(S(=O)(=O)NC(=O)c3cccnc3N3CCC(C)C3(C)C)n2)CC1. The molecule has 202 valence electrons. The van der Waals surface area contributed by atoms with Gasteiger partial charge in [0.25, 0.3) is 15.9 Å². The molecule has 1 unspecified atom stereocenters. The smallest absolute Gasteiger partial charge is 0.281 e. The summed E-state index contributed by atoms with van der Waals surface area (Å²) in [4.78, 5) is 28.8. The van der Waals surface area contributed by atoms with E-state index in [1.54, 1.807) is 24.4 Å². The minimum absolute atomic E-state index is 0.163. The fourth-order valence-corrected chi connectivity index (χ4v) is 6.07. The molecule has 10 heteroatoms. The predicted octanol–water partition coefficient (Wildman–Crippen LogP) is 3.53. The Labute approximate surface area is 221 Å². The van der Waals surface area contributed by atoms with Crippen LogP contribution in [0.5, 0.6) is 0 Å². The molecule has 37 heavy (non-hydrogen) atoms. The van der Waals surface area contributed by atoms with Gasteiger partial charge in [-0.2, -0.15) is 8.42 Å². The third-order valence-electron chi connectivity index (χ3n) is 7.96. The van der Waals surface area contributed by atoms with Crippen LogP contribution in [0.25, 0.3) is 0 Å². The average Bonchev–Trinajstić information content (AvgIpc) is 3.16. The highest BCUT2D eigenvalue weighted by Crippen LogP contribution is 2.38. The van der Waals surface area contributed by atoms with E-state index in [4.69, 9.17) is 0 Å². The first-order valence-corrected chi connectivity index (χ1v) is 14.9. The fraction of sp³-hybridized carbons (Fsp3) is 0.593. The lowest BCUT2D eigenvalue weighted by molar-refractivity contribution is 0.0981. The zero-order valence-corrected chi connectivity index (χ0v) is 23.3. The van der Waals surface area contributed by atoms with Crippen molar-refractivity contribution >= 4 is 27.6 Å². The van der Waals surface area contributed by atoms with E-state index in [0.29, 0.717) is 17.6 Å². The van der Waals surface area contributed by atoms with Gasteiger partial charge in [0.05, 0.1) is 5.56 Å². The van der Waals surface area contributed by atoms with E-state index in [-0.39, 0.29) is 16.1 Å². The van der Waals surface area contributed by atoms with Gasteiger partial charge in [-0.05, 0) is 63.4 Å². The van der Waals surface area contributed by atoms with Crippen molar-refractivity contribution in [3.05, 3.63) is 42.1 Å². The molecule has 4 heterocycles. The molecule has 0 radical (unpaired) electrons. The first-order valence-electron chi connectivity index (χ1n) is 13.4. The Morgan fingerprint density at radius 2 is 1.84 bits per heavy atom. The molecule has 0 spiro atoms. The van der Waals surface area contributed by atoms with Crippen molar-refractivity contribution in [1.82, 2.24) is 19.6 Å². The van der Waals surface area contributed by atoms with Crippen LogP contribution in [0.1, 0.15) is 63.7 Å². The zero-order valence-electron chi connectivity index (χ0n) is 22.5. The summed E-state index contributed by atoms with van der Waals surface area (Å²) in [6.07, 6.45) is 6.26. The summed E-state index contributed by atoms with van der Waals surface area (Å²) in [7, 11) is -4.17. The summed E-state index contributed by atoms with van der Waals surface area (Å²) in [6, 6.07) is 8.20. The summed E-state index contributed by atoms with van der Waals surface area (Å²) in [5.41, 5.74) is 0.0432. The Balaban J connectivity index is 1.47. The van der Waals surface area contributed by atoms with E-state index in [1.807, 2.05) is 6.07 Å². The van der Waals surface area contributed by atoms with Crippen LogP contribution in [0.2, 0.25) is 0 Å². The van der Waals surface area contributed by atoms with Crippen LogP contribution in [0.4, 0.5) is 11.6 Å². The van der Waals surface area contributed by atoms with Crippen molar-refractivity contribution in [3.8, 4) is 0 Å². The average molecular weight is 529 g/mol. The molecule has 2 saturated heterocycles. The number of nitrogens with zero attached hydrogens (tertiary/aromatic N) is 5. The number of carbonyl (C=O) groups excluding carboxylic acids is 1. The molecule has 1 atom stereocenters. The number of unbranched alkanes of at least 4 members (excludes halogenated alkanes) is 2. The quantitative estimate of drug-likeness (QED) is 0.494. The largest absolute Gasteiger partial charge is 0.354 e. The van der Waals surface area contributed by atoms with Crippen LogP contribution in [0.15, 0.2) is 41.6 Å². The van der Waals surface area contributed by atoms with E-state index in [0.717, 1.165) is 45.7 Å². The summed E-state index contributed by atoms with van der Waals surface area (Å²) in [5, 5.41) is -0.163. The number of sulfonamides is 1. The van der Waals surface area contributed by atoms with Crippen LogP contribution < -0.4 is 14.5 Å². The maximum absolute atomic E-state index is 13.2. The monoisotopic (exact) mass is 528 g/mol. The van der Waals surface area contributed by atoms with Crippen LogP contribution in [-0.4, -0.2) is 74.0 Å². The number of anilines is 2. The second-order valence-corrected chi connectivity index (χ2v) is 12.3. The van der Waals surface area contributed by atoms with Gasteiger partial charge in [-0.25, -0.2) is 14.7 Å². The van der Waals surface area contributed by atoms with E-state index in [1.165, 1.54) is 25.3 Å². The van der Waals surface area contributed by atoms with Gasteiger partial charge in [-0.1, -0.05) is 32.8 Å². The van der Waals surface area contributed by atoms with Gasteiger partial charge in [0.1, 0.15) is 11.6 Å². The Hall–Kier alpha value is -2.72. The standard InChI is InChI=1S/C27H40N6O3S/c1-5-6-7-15-31-17-19-32(20-18-31)23-11-8-12-24(29-23)37(35,36)30-26(34)22-10-9-14-28-25(22)33-16-13-21(2)27(33,3)4/h8-12,14,21H,5-7,13,15-20H2,1-4H3,(H,30,34). The van der Waals surface area contributed by atoms with E-state index < -0.39 is 15.9 Å². The number of rotatable bonds is 9. The Bertz CT molecular complexity index is 1190. The summed E-state index contributed by atoms with van der Waals surface area (Å²) < 4.78 is 28.6. The number of carbonyl (C=O) groups is 1. The molecule has 4 rings (SSSR count). The molecule has 2 aliphatic heterocycles. The molecule has 1 amide bonds. The molecule has 0 aliphatic carbocycles. The molecule has 0 bridgehead atoms. The lowest BCUT2D eigenvalue weighted by atomic mass is 9.90. The highest BCUT2D eigenvalue weighted by Gasteiger charge is 2.40. The molecule has 9 nitrogen and oxygen atoms in total. The van der Waals surface area contributed by atoms with Crippen molar-refractivity contribution in [2.45, 2.75) is 63.9 Å². The second-order valence-electron chi connectivity index (χ2n) is 10.7. The van der Waals surface area contributed by atoms with Crippen LogP contribution >= 0.6 is 0 Å². The van der Waals surface area contributed by atoms with Gasteiger partial charge in [-0.3, -0.25) is 9.69 Å². The van der Waals surface area contributed by atoms with Gasteiger partial charge >= 0.3 is 0 Å². The highest BCUT2D eigenvalue weighted by molar-refractivity contribution is 7.90. The number of amides is 1. The maximum atomic E-state index is 13.2. The van der Waals surface area contributed by atoms with Crippen LogP contribution in [0, 0.1) is 5.92 Å². The predicted molar refractivity (Wildman–Crippen MR) is 147 cm³/mol. The van der Waals surface area contributed by atoms with Crippen LogP contribution in [0.3, 0.4) is 0 Å². The van der Waals surface area contributed by atoms with Gasteiger partial charge in [0.2, 0.25) is 0 Å². The molecule has 2 aromatic heterocycles. The number of hydrogen-bond acceptors (Lipinski definition) is 8. The Kier molecular flexibility index (Phi) is 8.38. The number of aromatic nitrogens is 2. The Morgan fingerprint density at radius 1 is 1.08 bits per heavy atom. The molecule has 0 aromatic carbocycles. The summed E-state index contributed by atoms with van der Waals surface area (Å²) >= 11 is 0. The minimum Gasteiger partial charge on any atom is -0.354 e. The Morgan fingerprint density at radius 3 is 2.51 bits per heavy atom. The van der Waals surface area contributed by atoms with Crippen molar-refractivity contribution in [2.24, 2.45) is 5.92 Å². The highest BCUT2D eigenvalue weighted by atomic mass is 32.2. The van der Waals surface area contributed by atoms with Gasteiger partial charge in [0, 0.05) is 44.5 Å². The normalized spacial score (nSPS) is 20.3. The third kappa shape index (κ3) is 6.06. The summed E-state index contributed by atoms with van der Waals surface area (Å²) in [6.45, 7) is 13.9. The first-order chi connectivity index (χ1) is 17.6. The van der Waals surface area contributed by atoms with Gasteiger partial charge in [-0.15, -0.1) is 0 Å². The van der Waals surface area contributed by atoms with Gasteiger partial charge < -0.3 is 9.80 Å². The molecular weight excluding hydrogens is 488 g/mol. The molecule has 2 fully saturated rings. The van der Waals surface area contributed by atoms with Crippen molar-refractivity contribution in [3.63, 3.8) is 0 Å². The van der Waals surface area contributed by atoms with E-state index in [2.05, 4.69) is 57.1 Å². The van der Waals surface area contributed by atoms with Crippen molar-refractivity contribution < 1.29 is 13.2 Å². The molecule has 0 saturated carbocycles. The van der Waals surface area contributed by atoms with Crippen LogP contribution in [-0.2, 0) is 10.0 Å². The molecule has 2 aromatic rings. The molecule has 2 aliphatic rings. The summed E-state index contributed by atoms with van der Waals surface area (Å²) in [5.74, 6) is 0.826. The zero-order chi connectivity index (χ0) is 26.6. The van der Waals surface area contributed by atoms with Crippen molar-refractivity contribution in [2.75, 3.05) is 49.1 Å². The third-order valence-corrected chi connectivity index (χ3v) is 9.19. The van der Waals surface area contributed by atoms with Crippen molar-refractivity contribution in [1.29, 1.82) is 0 Å². The first kappa shape index (κ1) is 27.3. The van der Waals surface area contributed by atoms with E-state index in [9.17, 15) is 13.2 Å². The minimum atomic E-state index is -4.17. The molecular formula is C27H40N6O3S.